The van der Waals surface area contributed by atoms with E-state index in [1.807, 2.05) is 55.5 Å². The smallest absolute Gasteiger partial charge is 0.242 e. The molecule has 3 rings (SSSR count). The van der Waals surface area contributed by atoms with E-state index in [-0.39, 0.29) is 17.9 Å². The molecule has 2 aromatic rings. The number of nitrogens with one attached hydrogen (secondary N) is 1. The summed E-state index contributed by atoms with van der Waals surface area (Å²) in [7, 11) is 0. The number of thioether (sulfide) groups is 1. The van der Waals surface area contributed by atoms with Gasteiger partial charge in [0.2, 0.25) is 11.8 Å². The molecule has 4 nitrogen and oxygen atoms in total. The van der Waals surface area contributed by atoms with Crippen molar-refractivity contribution in [3.8, 4) is 0 Å². The summed E-state index contributed by atoms with van der Waals surface area (Å²) in [4.78, 5) is 29.1. The number of carbonyl (C=O) groups is 2. The number of halogens is 2. The summed E-state index contributed by atoms with van der Waals surface area (Å²) in [6.45, 7) is 2.27. The minimum Gasteiger partial charge on any atom is -0.352 e. The van der Waals surface area contributed by atoms with Gasteiger partial charge in [-0.1, -0.05) is 58.9 Å². The molecule has 0 radical (unpaired) electrons. The lowest BCUT2D eigenvalue weighted by Gasteiger charge is -2.31. The van der Waals surface area contributed by atoms with Crippen molar-refractivity contribution in [2.45, 2.75) is 75.4 Å². The standard InChI is InChI=1S/C26H32BrClN2O2S/c1-19(26(32)29-23-6-3-2-4-7-23)30(18-20-9-11-21(27)12-10-20)25(31)8-5-17-33-24-15-13-22(28)14-16-24/h9-16,19,23H,2-8,17-18H2,1H3,(H,29,32)/t19-/m0/s1. The summed E-state index contributed by atoms with van der Waals surface area (Å²) in [5.74, 6) is 0.797. The average molecular weight is 552 g/mol. The van der Waals surface area contributed by atoms with E-state index in [2.05, 4.69) is 21.2 Å². The third-order valence-electron chi connectivity index (χ3n) is 6.00. The van der Waals surface area contributed by atoms with Gasteiger partial charge in [0, 0.05) is 33.4 Å². The zero-order valence-electron chi connectivity index (χ0n) is 19.1. The van der Waals surface area contributed by atoms with Gasteiger partial charge in [-0.15, -0.1) is 11.8 Å². The highest BCUT2D eigenvalue weighted by Crippen LogP contribution is 2.23. The molecule has 1 aliphatic rings. The summed E-state index contributed by atoms with van der Waals surface area (Å²) in [6, 6.07) is 15.4. The largest absolute Gasteiger partial charge is 0.352 e. The Bertz CT molecular complexity index is 902. The summed E-state index contributed by atoms with van der Waals surface area (Å²) < 4.78 is 0.992. The van der Waals surface area contributed by atoms with Gasteiger partial charge in [-0.05, 0) is 73.9 Å². The summed E-state index contributed by atoms with van der Waals surface area (Å²) in [5, 5.41) is 3.91. The van der Waals surface area contributed by atoms with Crippen molar-refractivity contribution >= 4 is 51.1 Å². The van der Waals surface area contributed by atoms with E-state index in [0.29, 0.717) is 13.0 Å². The van der Waals surface area contributed by atoms with Crippen LogP contribution in [0, 0.1) is 0 Å². The Morgan fingerprint density at radius 2 is 1.76 bits per heavy atom. The zero-order valence-corrected chi connectivity index (χ0v) is 22.2. The summed E-state index contributed by atoms with van der Waals surface area (Å²) >= 11 is 11.1. The number of benzene rings is 2. The zero-order chi connectivity index (χ0) is 23.6. The number of amides is 2. The fourth-order valence-corrected chi connectivity index (χ4v) is 5.27. The SMILES string of the molecule is C[C@@H](C(=O)NC1CCCCC1)N(Cc1ccc(Br)cc1)C(=O)CCCSc1ccc(Cl)cc1. The second kappa shape index (κ2) is 13.4. The van der Waals surface area contributed by atoms with Crippen molar-refractivity contribution in [3.63, 3.8) is 0 Å². The summed E-state index contributed by atoms with van der Waals surface area (Å²) in [5.41, 5.74) is 1.01. The van der Waals surface area contributed by atoms with Crippen LogP contribution in [0.4, 0.5) is 0 Å². The van der Waals surface area contributed by atoms with Crippen LogP contribution in [0.2, 0.25) is 5.02 Å². The molecule has 0 aromatic heterocycles. The highest BCUT2D eigenvalue weighted by molar-refractivity contribution is 9.10. The molecular formula is C26H32BrClN2O2S. The molecule has 0 aliphatic heterocycles. The maximum Gasteiger partial charge on any atom is 0.242 e. The number of nitrogens with zero attached hydrogens (tertiary/aromatic N) is 1. The van der Waals surface area contributed by atoms with Gasteiger partial charge in [0.1, 0.15) is 6.04 Å². The Balaban J connectivity index is 1.59. The normalized spacial score (nSPS) is 15.1. The summed E-state index contributed by atoms with van der Waals surface area (Å²) in [6.07, 6.45) is 6.78. The molecule has 2 amide bonds. The lowest BCUT2D eigenvalue weighted by molar-refractivity contribution is -0.141. The van der Waals surface area contributed by atoms with E-state index in [1.165, 1.54) is 6.42 Å². The van der Waals surface area contributed by atoms with Crippen molar-refractivity contribution in [2.75, 3.05) is 5.75 Å². The Kier molecular flexibility index (Phi) is 10.6. The predicted octanol–water partition coefficient (Wildman–Crippen LogP) is 6.84. The molecule has 0 heterocycles. The molecule has 1 atom stereocenters. The topological polar surface area (TPSA) is 49.4 Å². The first-order chi connectivity index (χ1) is 15.9. The van der Waals surface area contributed by atoms with Gasteiger partial charge < -0.3 is 10.2 Å². The lowest BCUT2D eigenvalue weighted by Crippen LogP contribution is -2.50. The van der Waals surface area contributed by atoms with Crippen molar-refractivity contribution < 1.29 is 9.59 Å². The van der Waals surface area contributed by atoms with Crippen LogP contribution in [0.1, 0.15) is 57.4 Å². The number of hydrogen-bond acceptors (Lipinski definition) is 3. The van der Waals surface area contributed by atoms with Gasteiger partial charge in [0.25, 0.3) is 0 Å². The van der Waals surface area contributed by atoms with Crippen LogP contribution in [-0.4, -0.2) is 34.6 Å². The van der Waals surface area contributed by atoms with Gasteiger partial charge in [0.05, 0.1) is 0 Å². The van der Waals surface area contributed by atoms with Gasteiger partial charge in [-0.25, -0.2) is 0 Å². The molecule has 1 saturated carbocycles. The van der Waals surface area contributed by atoms with Crippen LogP contribution in [0.25, 0.3) is 0 Å². The molecule has 1 N–H and O–H groups in total. The highest BCUT2D eigenvalue weighted by Gasteiger charge is 2.27. The van der Waals surface area contributed by atoms with E-state index in [1.54, 1.807) is 16.7 Å². The number of hydrogen-bond donors (Lipinski definition) is 1. The van der Waals surface area contributed by atoms with Crippen molar-refractivity contribution in [1.29, 1.82) is 0 Å². The molecule has 33 heavy (non-hydrogen) atoms. The van der Waals surface area contributed by atoms with Crippen LogP contribution in [-0.2, 0) is 16.1 Å². The van der Waals surface area contributed by atoms with Gasteiger partial charge in [0.15, 0.2) is 0 Å². The van der Waals surface area contributed by atoms with Crippen molar-refractivity contribution in [1.82, 2.24) is 10.2 Å². The van der Waals surface area contributed by atoms with Crippen molar-refractivity contribution in [2.24, 2.45) is 0 Å². The van der Waals surface area contributed by atoms with Crippen LogP contribution in [0.3, 0.4) is 0 Å². The van der Waals surface area contributed by atoms with Crippen molar-refractivity contribution in [3.05, 3.63) is 63.6 Å². The Labute approximate surface area is 215 Å². The minimum atomic E-state index is -0.507. The lowest BCUT2D eigenvalue weighted by atomic mass is 9.95. The molecule has 0 bridgehead atoms. The molecular weight excluding hydrogens is 520 g/mol. The average Bonchev–Trinajstić information content (AvgIpc) is 2.82. The fourth-order valence-electron chi connectivity index (χ4n) is 4.03. The first-order valence-corrected chi connectivity index (χ1v) is 13.8. The van der Waals surface area contributed by atoms with Crippen LogP contribution >= 0.6 is 39.3 Å². The molecule has 0 unspecified atom stereocenters. The van der Waals surface area contributed by atoms with E-state index in [4.69, 9.17) is 11.6 Å². The van der Waals surface area contributed by atoms with E-state index in [9.17, 15) is 9.59 Å². The Morgan fingerprint density at radius 1 is 1.09 bits per heavy atom. The van der Waals surface area contributed by atoms with Crippen LogP contribution in [0.5, 0.6) is 0 Å². The maximum absolute atomic E-state index is 13.2. The highest BCUT2D eigenvalue weighted by atomic mass is 79.9. The van der Waals surface area contributed by atoms with Crippen LogP contribution in [0.15, 0.2) is 57.9 Å². The minimum absolute atomic E-state index is 0.0147. The molecule has 7 heteroatoms. The second-order valence-electron chi connectivity index (χ2n) is 8.57. The monoisotopic (exact) mass is 550 g/mol. The molecule has 1 fully saturated rings. The maximum atomic E-state index is 13.2. The Hall–Kier alpha value is -1.50. The van der Waals surface area contributed by atoms with Gasteiger partial charge >= 0.3 is 0 Å². The number of rotatable bonds is 10. The van der Waals surface area contributed by atoms with Gasteiger partial charge in [-0.2, -0.15) is 0 Å². The first kappa shape index (κ1) is 26.1. The second-order valence-corrected chi connectivity index (χ2v) is 11.1. The Morgan fingerprint density at radius 3 is 2.42 bits per heavy atom. The number of carbonyl (C=O) groups excluding carboxylic acids is 2. The fraction of sp³-hybridized carbons (Fsp3) is 0.462. The first-order valence-electron chi connectivity index (χ1n) is 11.6. The van der Waals surface area contributed by atoms with E-state index < -0.39 is 6.04 Å². The van der Waals surface area contributed by atoms with E-state index in [0.717, 1.165) is 57.8 Å². The molecule has 178 valence electrons. The molecule has 1 aliphatic carbocycles. The molecule has 0 saturated heterocycles. The molecule has 0 spiro atoms. The van der Waals surface area contributed by atoms with Gasteiger partial charge in [-0.3, -0.25) is 9.59 Å². The predicted molar refractivity (Wildman–Crippen MR) is 141 cm³/mol. The van der Waals surface area contributed by atoms with Crippen LogP contribution < -0.4 is 5.32 Å². The third-order valence-corrected chi connectivity index (χ3v) is 7.88. The molecule has 2 aromatic carbocycles. The third kappa shape index (κ3) is 8.66. The quantitative estimate of drug-likeness (QED) is 0.260. The van der Waals surface area contributed by atoms with E-state index >= 15 is 0 Å².